The van der Waals surface area contributed by atoms with E-state index in [1.165, 1.54) is 31.4 Å². The van der Waals surface area contributed by atoms with Crippen LogP contribution in [-0.4, -0.2) is 13.1 Å². The monoisotopic (exact) mass is 339 g/mol. The van der Waals surface area contributed by atoms with Crippen molar-refractivity contribution in [3.8, 4) is 11.5 Å². The van der Waals surface area contributed by atoms with E-state index in [1.54, 1.807) is 12.1 Å². The van der Waals surface area contributed by atoms with E-state index in [2.05, 4.69) is 20.7 Å². The summed E-state index contributed by atoms with van der Waals surface area (Å²) in [6, 6.07) is 8.73. The molecule has 0 heterocycles. The first-order valence-corrected chi connectivity index (χ1v) is 6.41. The summed E-state index contributed by atoms with van der Waals surface area (Å²) in [5, 5.41) is 0. The van der Waals surface area contributed by atoms with Gasteiger partial charge in [0.1, 0.15) is 11.3 Å². The Morgan fingerprint density at radius 1 is 1.20 bits per heavy atom. The van der Waals surface area contributed by atoms with Crippen molar-refractivity contribution >= 4 is 27.6 Å². The Kier molecular flexibility index (Phi) is 4.24. The number of carbonyl (C=O) groups is 1. The molecule has 20 heavy (non-hydrogen) atoms. The average Bonchev–Trinajstić information content (AvgIpc) is 2.43. The lowest BCUT2D eigenvalue weighted by Gasteiger charge is -2.11. The van der Waals surface area contributed by atoms with E-state index in [0.717, 1.165) is 0 Å². The topological polar surface area (TPSA) is 61.5 Å². The van der Waals surface area contributed by atoms with Gasteiger partial charge in [0.15, 0.2) is 11.6 Å². The molecule has 0 bridgehead atoms. The lowest BCUT2D eigenvalue weighted by atomic mass is 10.2. The van der Waals surface area contributed by atoms with Crippen LogP contribution in [0.25, 0.3) is 0 Å². The molecule has 2 N–H and O–H groups in total. The molecule has 0 aliphatic carbocycles. The number of methoxy groups -OCH3 is 1. The Morgan fingerprint density at radius 3 is 2.65 bits per heavy atom. The molecule has 4 nitrogen and oxygen atoms in total. The van der Waals surface area contributed by atoms with Crippen LogP contribution in [0.3, 0.4) is 0 Å². The maximum atomic E-state index is 13.7. The maximum Gasteiger partial charge on any atom is 0.341 e. The molecule has 0 unspecified atom stereocenters. The molecule has 0 fully saturated rings. The van der Waals surface area contributed by atoms with Gasteiger partial charge in [0.05, 0.1) is 7.11 Å². The summed E-state index contributed by atoms with van der Waals surface area (Å²) < 4.78 is 24.4. The molecule has 0 aliphatic rings. The zero-order chi connectivity index (χ0) is 14.7. The third-order valence-corrected chi connectivity index (χ3v) is 3.02. The van der Waals surface area contributed by atoms with Crippen LogP contribution in [0.2, 0.25) is 0 Å². The van der Waals surface area contributed by atoms with Crippen LogP contribution in [0.1, 0.15) is 10.4 Å². The van der Waals surface area contributed by atoms with E-state index in [-0.39, 0.29) is 17.1 Å². The van der Waals surface area contributed by atoms with Crippen molar-refractivity contribution in [2.45, 2.75) is 0 Å². The number of hydrogen-bond acceptors (Lipinski definition) is 4. The summed E-state index contributed by atoms with van der Waals surface area (Å²) in [5.41, 5.74) is 6.14. The molecule has 6 heteroatoms. The Morgan fingerprint density at radius 2 is 1.95 bits per heavy atom. The molecule has 0 saturated carbocycles. The Hall–Kier alpha value is -2.08. The van der Waals surface area contributed by atoms with Crippen molar-refractivity contribution in [1.82, 2.24) is 0 Å². The molecule has 0 aliphatic heterocycles. The highest BCUT2D eigenvalue weighted by atomic mass is 79.9. The fraction of sp³-hybridized carbons (Fsp3) is 0.0714. The summed E-state index contributed by atoms with van der Waals surface area (Å²) in [5.74, 6) is -0.985. The van der Waals surface area contributed by atoms with E-state index < -0.39 is 11.8 Å². The number of esters is 1. The molecule has 104 valence electrons. The first-order valence-electron chi connectivity index (χ1n) is 5.62. The molecule has 0 saturated heterocycles. The van der Waals surface area contributed by atoms with Gasteiger partial charge in [-0.1, -0.05) is 15.9 Å². The van der Waals surface area contributed by atoms with Crippen molar-refractivity contribution in [2.24, 2.45) is 0 Å². The smallest absolute Gasteiger partial charge is 0.341 e. The van der Waals surface area contributed by atoms with E-state index in [4.69, 9.17) is 10.5 Å². The van der Waals surface area contributed by atoms with Crippen molar-refractivity contribution in [2.75, 3.05) is 12.8 Å². The molecule has 0 atom stereocenters. The number of ether oxygens (including phenoxy) is 2. The van der Waals surface area contributed by atoms with Crippen LogP contribution in [0.15, 0.2) is 40.9 Å². The Balaban J connectivity index is 2.43. The number of hydrogen-bond donors (Lipinski definition) is 1. The lowest BCUT2D eigenvalue weighted by Crippen LogP contribution is -2.05. The van der Waals surface area contributed by atoms with Crippen molar-refractivity contribution in [3.05, 3.63) is 52.3 Å². The molecule has 2 aromatic rings. The summed E-state index contributed by atoms with van der Waals surface area (Å²) in [7, 11) is 1.25. The summed E-state index contributed by atoms with van der Waals surface area (Å²) in [4.78, 5) is 11.7. The zero-order valence-corrected chi connectivity index (χ0v) is 12.1. The number of nitrogens with two attached hydrogens (primary N) is 1. The van der Waals surface area contributed by atoms with Gasteiger partial charge in [0.2, 0.25) is 0 Å². The minimum Gasteiger partial charge on any atom is -0.465 e. The number of rotatable bonds is 3. The predicted octanol–water partition coefficient (Wildman–Crippen LogP) is 3.75. The first-order chi connectivity index (χ1) is 9.51. The van der Waals surface area contributed by atoms with Crippen LogP contribution in [-0.2, 0) is 4.74 Å². The van der Waals surface area contributed by atoms with E-state index in [1.807, 2.05) is 0 Å². The highest BCUT2D eigenvalue weighted by Crippen LogP contribution is 2.31. The van der Waals surface area contributed by atoms with Crippen molar-refractivity contribution < 1.29 is 18.7 Å². The number of anilines is 1. The van der Waals surface area contributed by atoms with Crippen LogP contribution >= 0.6 is 15.9 Å². The van der Waals surface area contributed by atoms with Crippen LogP contribution in [0.4, 0.5) is 10.1 Å². The molecular formula is C14H11BrFNO3. The number of benzene rings is 2. The second-order valence-electron chi connectivity index (χ2n) is 3.92. The van der Waals surface area contributed by atoms with Gasteiger partial charge in [-0.2, -0.15) is 0 Å². The van der Waals surface area contributed by atoms with Gasteiger partial charge in [-0.25, -0.2) is 9.18 Å². The minimum atomic E-state index is -0.609. The zero-order valence-electron chi connectivity index (χ0n) is 10.5. The quantitative estimate of drug-likeness (QED) is 0.683. The highest BCUT2D eigenvalue weighted by molar-refractivity contribution is 9.10. The Labute approximate surface area is 123 Å². The number of carbonyl (C=O) groups excluding carboxylic acids is 1. The molecule has 0 radical (unpaired) electrons. The second-order valence-corrected chi connectivity index (χ2v) is 4.84. The SMILES string of the molecule is COC(=O)c1cc(N)ccc1Oc1cc(Br)ccc1F. The third kappa shape index (κ3) is 3.08. The molecule has 2 aromatic carbocycles. The maximum absolute atomic E-state index is 13.7. The van der Waals surface area contributed by atoms with Crippen molar-refractivity contribution in [1.29, 1.82) is 0 Å². The van der Waals surface area contributed by atoms with Gasteiger partial charge in [0.25, 0.3) is 0 Å². The predicted molar refractivity (Wildman–Crippen MR) is 76.4 cm³/mol. The highest BCUT2D eigenvalue weighted by Gasteiger charge is 2.16. The van der Waals surface area contributed by atoms with Crippen LogP contribution in [0, 0.1) is 5.82 Å². The van der Waals surface area contributed by atoms with Crippen molar-refractivity contribution in [3.63, 3.8) is 0 Å². The summed E-state index contributed by atoms with van der Waals surface area (Å²) in [6.45, 7) is 0. The second kappa shape index (κ2) is 5.92. The largest absolute Gasteiger partial charge is 0.465 e. The van der Waals surface area contributed by atoms with Gasteiger partial charge < -0.3 is 15.2 Å². The number of nitrogen functional groups attached to an aromatic ring is 1. The normalized spacial score (nSPS) is 10.2. The first kappa shape index (κ1) is 14.3. The van der Waals surface area contributed by atoms with Gasteiger partial charge in [0, 0.05) is 10.2 Å². The third-order valence-electron chi connectivity index (χ3n) is 2.52. The standard InChI is InChI=1S/C14H11BrFNO3/c1-19-14(18)10-7-9(17)3-5-12(10)20-13-6-8(15)2-4-11(13)16/h2-7H,17H2,1H3. The fourth-order valence-electron chi connectivity index (χ4n) is 1.58. The molecular weight excluding hydrogens is 329 g/mol. The van der Waals surface area contributed by atoms with Gasteiger partial charge >= 0.3 is 5.97 Å². The Bertz CT molecular complexity index is 661. The van der Waals surface area contributed by atoms with Crippen LogP contribution in [0.5, 0.6) is 11.5 Å². The van der Waals surface area contributed by atoms with E-state index in [0.29, 0.717) is 10.2 Å². The molecule has 2 rings (SSSR count). The van der Waals surface area contributed by atoms with E-state index in [9.17, 15) is 9.18 Å². The van der Waals surface area contributed by atoms with Gasteiger partial charge in [-0.05, 0) is 36.4 Å². The summed E-state index contributed by atoms with van der Waals surface area (Å²) in [6.07, 6.45) is 0. The summed E-state index contributed by atoms with van der Waals surface area (Å²) >= 11 is 3.22. The average molecular weight is 340 g/mol. The molecule has 0 spiro atoms. The minimum absolute atomic E-state index is 0.00528. The van der Waals surface area contributed by atoms with Gasteiger partial charge in [-0.15, -0.1) is 0 Å². The molecule has 0 aromatic heterocycles. The fourth-order valence-corrected chi connectivity index (χ4v) is 1.92. The van der Waals surface area contributed by atoms with Crippen LogP contribution < -0.4 is 10.5 Å². The van der Waals surface area contributed by atoms with Gasteiger partial charge in [-0.3, -0.25) is 0 Å². The molecule has 0 amide bonds. The number of halogens is 2. The lowest BCUT2D eigenvalue weighted by molar-refractivity contribution is 0.0598. The van der Waals surface area contributed by atoms with E-state index >= 15 is 0 Å².